The van der Waals surface area contributed by atoms with Crippen molar-refractivity contribution in [3.63, 3.8) is 0 Å². The van der Waals surface area contributed by atoms with Gasteiger partial charge in [0.1, 0.15) is 0 Å². The normalized spacial score (nSPS) is 12.2. The highest BCUT2D eigenvalue weighted by Crippen LogP contribution is 2.23. The maximum atomic E-state index is 13.5. The van der Waals surface area contributed by atoms with Crippen LogP contribution in [-0.2, 0) is 6.42 Å². The lowest BCUT2D eigenvalue weighted by Gasteiger charge is -2.12. The van der Waals surface area contributed by atoms with Crippen molar-refractivity contribution in [3.05, 3.63) is 63.9 Å². The van der Waals surface area contributed by atoms with Gasteiger partial charge in [0.15, 0.2) is 11.6 Å². The van der Waals surface area contributed by atoms with E-state index in [4.69, 9.17) is 4.74 Å². The van der Waals surface area contributed by atoms with E-state index in [9.17, 15) is 9.50 Å². The van der Waals surface area contributed by atoms with Crippen LogP contribution in [0.1, 0.15) is 17.2 Å². The predicted octanol–water partition coefficient (Wildman–Crippen LogP) is 3.87. The van der Waals surface area contributed by atoms with E-state index < -0.39 is 11.9 Å². The highest BCUT2D eigenvalue weighted by molar-refractivity contribution is 9.10. The quantitative estimate of drug-likeness (QED) is 0.925. The number of benzene rings is 2. The first-order valence-corrected chi connectivity index (χ1v) is 6.65. The van der Waals surface area contributed by atoms with Crippen LogP contribution < -0.4 is 4.74 Å². The molecule has 0 saturated carbocycles. The molecule has 0 heterocycles. The first-order chi connectivity index (χ1) is 9.10. The van der Waals surface area contributed by atoms with Crippen molar-refractivity contribution in [1.82, 2.24) is 0 Å². The highest BCUT2D eigenvalue weighted by atomic mass is 79.9. The largest absolute Gasteiger partial charge is 0.494 e. The van der Waals surface area contributed by atoms with Crippen molar-refractivity contribution in [2.45, 2.75) is 12.5 Å². The smallest absolute Gasteiger partial charge is 0.165 e. The Hall–Kier alpha value is -1.39. The summed E-state index contributed by atoms with van der Waals surface area (Å²) in [6.07, 6.45) is -0.288. The molecule has 1 unspecified atom stereocenters. The number of ether oxygens (including phenoxy) is 1. The van der Waals surface area contributed by atoms with Gasteiger partial charge < -0.3 is 9.84 Å². The molecule has 1 atom stereocenters. The summed E-state index contributed by atoms with van der Waals surface area (Å²) < 4.78 is 19.4. The van der Waals surface area contributed by atoms with Gasteiger partial charge in [0.25, 0.3) is 0 Å². The minimum Gasteiger partial charge on any atom is -0.494 e. The van der Waals surface area contributed by atoms with Gasteiger partial charge in [-0.2, -0.15) is 0 Å². The number of aliphatic hydroxyl groups is 1. The zero-order valence-corrected chi connectivity index (χ0v) is 12.0. The minimum atomic E-state index is -0.652. The molecule has 19 heavy (non-hydrogen) atoms. The van der Waals surface area contributed by atoms with Crippen molar-refractivity contribution < 1.29 is 14.2 Å². The Labute approximate surface area is 120 Å². The Morgan fingerprint density at radius 3 is 2.47 bits per heavy atom. The third-order valence-electron chi connectivity index (χ3n) is 2.90. The van der Waals surface area contributed by atoms with Crippen LogP contribution in [0.15, 0.2) is 46.9 Å². The first kappa shape index (κ1) is 14.0. The van der Waals surface area contributed by atoms with E-state index >= 15 is 0 Å². The van der Waals surface area contributed by atoms with E-state index in [0.29, 0.717) is 6.42 Å². The second-order valence-corrected chi connectivity index (χ2v) is 5.16. The summed E-state index contributed by atoms with van der Waals surface area (Å²) in [7, 11) is 1.43. The lowest BCUT2D eigenvalue weighted by Crippen LogP contribution is -2.02. The van der Waals surface area contributed by atoms with Crippen molar-refractivity contribution in [2.75, 3.05) is 7.11 Å². The van der Waals surface area contributed by atoms with Crippen LogP contribution in [0, 0.1) is 5.82 Å². The predicted molar refractivity (Wildman–Crippen MR) is 75.8 cm³/mol. The van der Waals surface area contributed by atoms with Gasteiger partial charge in [0, 0.05) is 10.9 Å². The van der Waals surface area contributed by atoms with Crippen LogP contribution in [0.3, 0.4) is 0 Å². The average Bonchev–Trinajstić information content (AvgIpc) is 2.39. The lowest BCUT2D eigenvalue weighted by molar-refractivity contribution is 0.178. The van der Waals surface area contributed by atoms with E-state index in [0.717, 1.165) is 15.6 Å². The van der Waals surface area contributed by atoms with E-state index in [1.807, 2.05) is 24.3 Å². The first-order valence-electron chi connectivity index (χ1n) is 5.86. The summed E-state index contributed by atoms with van der Waals surface area (Å²) in [6.45, 7) is 0. The van der Waals surface area contributed by atoms with E-state index in [1.54, 1.807) is 12.1 Å². The van der Waals surface area contributed by atoms with Gasteiger partial charge >= 0.3 is 0 Å². The molecular formula is C15H14BrFO2. The summed E-state index contributed by atoms with van der Waals surface area (Å²) >= 11 is 3.34. The molecule has 2 nitrogen and oxygen atoms in total. The van der Waals surface area contributed by atoms with Gasteiger partial charge in [-0.15, -0.1) is 0 Å². The monoisotopic (exact) mass is 324 g/mol. The number of rotatable bonds is 4. The van der Waals surface area contributed by atoms with Gasteiger partial charge in [-0.1, -0.05) is 34.1 Å². The third kappa shape index (κ3) is 3.55. The fraction of sp³-hybridized carbons (Fsp3) is 0.200. The molecule has 2 aromatic rings. The van der Waals surface area contributed by atoms with E-state index in [-0.39, 0.29) is 5.75 Å². The third-order valence-corrected chi connectivity index (χ3v) is 3.43. The molecule has 0 spiro atoms. The summed E-state index contributed by atoms with van der Waals surface area (Å²) in [5.74, 6) is -0.204. The van der Waals surface area contributed by atoms with Crippen LogP contribution in [0.4, 0.5) is 4.39 Å². The topological polar surface area (TPSA) is 29.5 Å². The van der Waals surface area contributed by atoms with E-state index in [2.05, 4.69) is 15.9 Å². The van der Waals surface area contributed by atoms with Gasteiger partial charge in [-0.05, 0) is 35.4 Å². The molecule has 2 aromatic carbocycles. The highest BCUT2D eigenvalue weighted by Gasteiger charge is 2.10. The molecular weight excluding hydrogens is 311 g/mol. The number of halogens is 2. The molecule has 0 aliphatic rings. The Kier molecular flexibility index (Phi) is 4.56. The van der Waals surface area contributed by atoms with Gasteiger partial charge in [-0.3, -0.25) is 0 Å². The lowest BCUT2D eigenvalue weighted by atomic mass is 10.0. The zero-order valence-electron chi connectivity index (χ0n) is 10.4. The van der Waals surface area contributed by atoms with Crippen molar-refractivity contribution >= 4 is 15.9 Å². The second-order valence-electron chi connectivity index (χ2n) is 4.24. The summed E-state index contributed by atoms with van der Waals surface area (Å²) in [6, 6.07) is 12.1. The molecule has 1 N–H and O–H groups in total. The van der Waals surface area contributed by atoms with Crippen LogP contribution in [-0.4, -0.2) is 12.2 Å². The maximum Gasteiger partial charge on any atom is 0.165 e. The molecule has 4 heteroatoms. The molecule has 0 fully saturated rings. The molecule has 2 rings (SSSR count). The fourth-order valence-electron chi connectivity index (χ4n) is 1.86. The molecule has 0 aliphatic carbocycles. The Morgan fingerprint density at radius 2 is 1.89 bits per heavy atom. The molecule has 0 aliphatic heterocycles. The molecule has 0 aromatic heterocycles. The minimum absolute atomic E-state index is 0.210. The van der Waals surface area contributed by atoms with Crippen LogP contribution in [0.25, 0.3) is 0 Å². The van der Waals surface area contributed by atoms with Crippen molar-refractivity contribution in [2.24, 2.45) is 0 Å². The summed E-state index contributed by atoms with van der Waals surface area (Å²) in [5.41, 5.74) is 1.54. The van der Waals surface area contributed by atoms with Crippen LogP contribution in [0.5, 0.6) is 5.75 Å². The standard InChI is InChI=1S/C15H14BrFO2/c1-19-15-7-2-10(8-13(15)17)9-14(18)11-3-5-12(16)6-4-11/h2-8,14,18H,9H2,1H3. The molecule has 0 bridgehead atoms. The summed E-state index contributed by atoms with van der Waals surface area (Å²) in [5, 5.41) is 10.1. The number of hydrogen-bond acceptors (Lipinski definition) is 2. The molecule has 0 radical (unpaired) electrons. The van der Waals surface area contributed by atoms with Gasteiger partial charge in [0.2, 0.25) is 0 Å². The average molecular weight is 325 g/mol. The van der Waals surface area contributed by atoms with E-state index in [1.165, 1.54) is 13.2 Å². The Morgan fingerprint density at radius 1 is 1.21 bits per heavy atom. The van der Waals surface area contributed by atoms with Crippen molar-refractivity contribution in [1.29, 1.82) is 0 Å². The van der Waals surface area contributed by atoms with Gasteiger partial charge in [-0.25, -0.2) is 4.39 Å². The number of hydrogen-bond donors (Lipinski definition) is 1. The summed E-state index contributed by atoms with van der Waals surface area (Å²) in [4.78, 5) is 0. The fourth-order valence-corrected chi connectivity index (χ4v) is 2.13. The molecule has 0 saturated heterocycles. The maximum absolute atomic E-state index is 13.5. The zero-order chi connectivity index (χ0) is 13.8. The Bertz CT molecular complexity index is 555. The number of methoxy groups -OCH3 is 1. The van der Waals surface area contributed by atoms with Crippen LogP contribution >= 0.6 is 15.9 Å². The molecule has 100 valence electrons. The number of aliphatic hydroxyl groups excluding tert-OH is 1. The second kappa shape index (κ2) is 6.17. The molecule has 0 amide bonds. The Balaban J connectivity index is 2.12. The SMILES string of the molecule is COc1ccc(CC(O)c2ccc(Br)cc2)cc1F. The van der Waals surface area contributed by atoms with Gasteiger partial charge in [0.05, 0.1) is 13.2 Å². The van der Waals surface area contributed by atoms with Crippen molar-refractivity contribution in [3.8, 4) is 5.75 Å². The van der Waals surface area contributed by atoms with Crippen LogP contribution in [0.2, 0.25) is 0 Å².